The van der Waals surface area contributed by atoms with E-state index in [1.807, 2.05) is 24.5 Å². The SMILES string of the molecule is CCn1nc(C)cc1C(=O)Nc1nc2cc(C(N)=O)cc(CN3CCOCC3)c2n1CCCN. The molecule has 0 aliphatic carbocycles. The Bertz CT molecular complexity index is 1190. The zero-order valence-electron chi connectivity index (χ0n) is 19.7. The quantitative estimate of drug-likeness (QED) is 0.426. The van der Waals surface area contributed by atoms with Crippen LogP contribution < -0.4 is 16.8 Å². The number of anilines is 1. The summed E-state index contributed by atoms with van der Waals surface area (Å²) in [6.45, 7) is 8.95. The molecule has 0 saturated carbocycles. The number of primary amides is 1. The number of aryl methyl sites for hydroxylation is 3. The first kappa shape index (κ1) is 23.9. The molecule has 34 heavy (non-hydrogen) atoms. The number of carbonyl (C=O) groups is 2. The van der Waals surface area contributed by atoms with Crippen molar-refractivity contribution in [2.24, 2.45) is 11.5 Å². The van der Waals surface area contributed by atoms with Gasteiger partial charge in [-0.1, -0.05) is 0 Å². The predicted molar refractivity (Wildman–Crippen MR) is 129 cm³/mol. The van der Waals surface area contributed by atoms with Crippen LogP contribution in [0.25, 0.3) is 11.0 Å². The van der Waals surface area contributed by atoms with Crippen LogP contribution >= 0.6 is 0 Å². The molecule has 0 bridgehead atoms. The molecule has 11 heteroatoms. The fraction of sp³-hybridized carbons (Fsp3) is 0.478. The number of amides is 2. The van der Waals surface area contributed by atoms with Crippen molar-refractivity contribution >= 4 is 28.8 Å². The second-order valence-corrected chi connectivity index (χ2v) is 8.43. The molecule has 0 radical (unpaired) electrons. The molecule has 2 aromatic heterocycles. The molecule has 1 saturated heterocycles. The number of nitrogens with zero attached hydrogens (tertiary/aromatic N) is 5. The van der Waals surface area contributed by atoms with Crippen LogP contribution in [0.3, 0.4) is 0 Å². The summed E-state index contributed by atoms with van der Waals surface area (Å²) < 4.78 is 9.10. The minimum absolute atomic E-state index is 0.295. The highest BCUT2D eigenvalue weighted by molar-refractivity contribution is 6.03. The molecule has 1 aliphatic heterocycles. The summed E-state index contributed by atoms with van der Waals surface area (Å²) in [6, 6.07) is 5.25. The van der Waals surface area contributed by atoms with Gasteiger partial charge < -0.3 is 20.8 Å². The smallest absolute Gasteiger partial charge is 0.276 e. The van der Waals surface area contributed by atoms with Crippen molar-refractivity contribution < 1.29 is 14.3 Å². The number of aromatic nitrogens is 4. The van der Waals surface area contributed by atoms with Crippen molar-refractivity contribution in [3.63, 3.8) is 0 Å². The molecule has 11 nitrogen and oxygen atoms in total. The van der Waals surface area contributed by atoms with E-state index < -0.39 is 5.91 Å². The molecular weight excluding hydrogens is 436 g/mol. The lowest BCUT2D eigenvalue weighted by molar-refractivity contribution is 0.0343. The van der Waals surface area contributed by atoms with Gasteiger partial charge in [-0.15, -0.1) is 0 Å². The molecule has 182 valence electrons. The average molecular weight is 469 g/mol. The van der Waals surface area contributed by atoms with E-state index in [4.69, 9.17) is 21.2 Å². The van der Waals surface area contributed by atoms with Crippen molar-refractivity contribution in [3.05, 3.63) is 40.7 Å². The maximum Gasteiger partial charge on any atom is 0.276 e. The lowest BCUT2D eigenvalue weighted by Gasteiger charge is -2.27. The molecule has 1 aromatic carbocycles. The van der Waals surface area contributed by atoms with E-state index >= 15 is 0 Å². The highest BCUT2D eigenvalue weighted by Crippen LogP contribution is 2.27. The highest BCUT2D eigenvalue weighted by Gasteiger charge is 2.22. The summed E-state index contributed by atoms with van der Waals surface area (Å²) in [7, 11) is 0. The van der Waals surface area contributed by atoms with Crippen LogP contribution in [-0.4, -0.2) is 68.9 Å². The number of carbonyl (C=O) groups excluding carboxylic acids is 2. The van der Waals surface area contributed by atoms with Crippen LogP contribution in [0, 0.1) is 6.92 Å². The zero-order chi connectivity index (χ0) is 24.2. The van der Waals surface area contributed by atoms with Crippen LogP contribution in [0.15, 0.2) is 18.2 Å². The number of benzene rings is 1. The summed E-state index contributed by atoms with van der Waals surface area (Å²) in [5.74, 6) is -0.411. The molecule has 3 heterocycles. The Labute approximate surface area is 198 Å². The van der Waals surface area contributed by atoms with Gasteiger partial charge in [-0.25, -0.2) is 4.98 Å². The number of hydrogen-bond donors (Lipinski definition) is 3. The predicted octanol–water partition coefficient (Wildman–Crippen LogP) is 1.09. The van der Waals surface area contributed by atoms with Crippen molar-refractivity contribution in [3.8, 4) is 0 Å². The molecule has 3 aromatic rings. The molecule has 0 unspecified atom stereocenters. The van der Waals surface area contributed by atoms with Crippen LogP contribution in [0.2, 0.25) is 0 Å². The first-order valence-corrected chi connectivity index (χ1v) is 11.6. The van der Waals surface area contributed by atoms with Gasteiger partial charge in [0.1, 0.15) is 5.69 Å². The molecule has 0 spiro atoms. The van der Waals surface area contributed by atoms with E-state index in [0.717, 1.165) is 29.9 Å². The summed E-state index contributed by atoms with van der Waals surface area (Å²) in [5, 5.41) is 7.32. The largest absolute Gasteiger partial charge is 0.379 e. The third-order valence-electron chi connectivity index (χ3n) is 5.95. The summed E-state index contributed by atoms with van der Waals surface area (Å²) in [4.78, 5) is 32.2. The van der Waals surface area contributed by atoms with Crippen molar-refractivity contribution in [2.45, 2.75) is 39.9 Å². The number of imidazole rings is 1. The van der Waals surface area contributed by atoms with E-state index in [0.29, 0.717) is 68.5 Å². The topological polar surface area (TPSA) is 146 Å². The van der Waals surface area contributed by atoms with E-state index in [1.54, 1.807) is 16.8 Å². The maximum atomic E-state index is 13.1. The summed E-state index contributed by atoms with van der Waals surface area (Å²) in [6.07, 6.45) is 0.703. The third kappa shape index (κ3) is 4.96. The first-order chi connectivity index (χ1) is 16.4. The lowest BCUT2D eigenvalue weighted by Crippen LogP contribution is -2.35. The number of hydrogen-bond acceptors (Lipinski definition) is 7. The second kappa shape index (κ2) is 10.3. The molecule has 2 amide bonds. The van der Waals surface area contributed by atoms with Gasteiger partial charge >= 0.3 is 0 Å². The number of ether oxygens (including phenoxy) is 1. The summed E-state index contributed by atoms with van der Waals surface area (Å²) in [5.41, 5.74) is 15.4. The van der Waals surface area contributed by atoms with E-state index in [1.165, 1.54) is 0 Å². The Morgan fingerprint density at radius 3 is 2.65 bits per heavy atom. The number of fused-ring (bicyclic) bond motifs is 1. The molecule has 4 rings (SSSR count). The van der Waals surface area contributed by atoms with Gasteiger partial charge in [0.2, 0.25) is 11.9 Å². The van der Waals surface area contributed by atoms with Crippen LogP contribution in [0.4, 0.5) is 5.95 Å². The fourth-order valence-electron chi connectivity index (χ4n) is 4.32. The van der Waals surface area contributed by atoms with Gasteiger partial charge in [0, 0.05) is 38.3 Å². The Kier molecular flexibility index (Phi) is 7.25. The van der Waals surface area contributed by atoms with Gasteiger partial charge in [0.25, 0.3) is 5.91 Å². The molecule has 0 atom stereocenters. The Morgan fingerprint density at radius 2 is 1.97 bits per heavy atom. The van der Waals surface area contributed by atoms with Crippen molar-refractivity contribution in [1.82, 2.24) is 24.2 Å². The van der Waals surface area contributed by atoms with E-state index in [9.17, 15) is 9.59 Å². The van der Waals surface area contributed by atoms with Crippen LogP contribution in [-0.2, 0) is 24.4 Å². The van der Waals surface area contributed by atoms with E-state index in [-0.39, 0.29) is 5.91 Å². The number of nitrogens with two attached hydrogens (primary N) is 2. The Morgan fingerprint density at radius 1 is 1.21 bits per heavy atom. The summed E-state index contributed by atoms with van der Waals surface area (Å²) >= 11 is 0. The standard InChI is InChI=1S/C23H32N8O3/c1-3-31-19(11-15(2)28-31)22(33)27-23-26-18-13-16(21(25)32)12-17(14-29-7-9-34-10-8-29)20(18)30(23)6-4-5-24/h11-13H,3-10,14,24H2,1-2H3,(H2,25,32)(H,26,27,33). The molecule has 5 N–H and O–H groups in total. The van der Waals surface area contributed by atoms with Gasteiger partial charge in [-0.3, -0.25) is 24.5 Å². The monoisotopic (exact) mass is 468 g/mol. The molecule has 1 aliphatic rings. The first-order valence-electron chi connectivity index (χ1n) is 11.6. The normalized spacial score (nSPS) is 14.6. The van der Waals surface area contributed by atoms with Crippen LogP contribution in [0.5, 0.6) is 0 Å². The van der Waals surface area contributed by atoms with Gasteiger partial charge in [-0.2, -0.15) is 5.10 Å². The Hall–Kier alpha value is -3.28. The average Bonchev–Trinajstić information content (AvgIpc) is 3.37. The fourth-order valence-corrected chi connectivity index (χ4v) is 4.32. The minimum Gasteiger partial charge on any atom is -0.379 e. The number of morpholine rings is 1. The van der Waals surface area contributed by atoms with E-state index in [2.05, 4.69) is 15.3 Å². The maximum absolute atomic E-state index is 13.1. The van der Waals surface area contributed by atoms with Gasteiger partial charge in [0.15, 0.2) is 0 Å². The number of rotatable bonds is 9. The highest BCUT2D eigenvalue weighted by atomic mass is 16.5. The lowest BCUT2D eigenvalue weighted by atomic mass is 10.1. The molecule has 1 fully saturated rings. The third-order valence-corrected chi connectivity index (χ3v) is 5.95. The van der Waals surface area contributed by atoms with Crippen LogP contribution in [0.1, 0.15) is 45.4 Å². The number of nitrogens with one attached hydrogen (secondary N) is 1. The molecular formula is C23H32N8O3. The second-order valence-electron chi connectivity index (χ2n) is 8.43. The minimum atomic E-state index is -0.519. The van der Waals surface area contributed by atoms with Crippen molar-refractivity contribution in [2.75, 3.05) is 38.2 Å². The Balaban J connectivity index is 1.78. The zero-order valence-corrected chi connectivity index (χ0v) is 19.7. The van der Waals surface area contributed by atoms with Crippen molar-refractivity contribution in [1.29, 1.82) is 0 Å². The van der Waals surface area contributed by atoms with Gasteiger partial charge in [0.05, 0.1) is 29.9 Å². The van der Waals surface area contributed by atoms with Gasteiger partial charge in [-0.05, 0) is 50.6 Å².